The van der Waals surface area contributed by atoms with Crippen molar-refractivity contribution in [2.24, 2.45) is 17.6 Å². The Morgan fingerprint density at radius 3 is 2.34 bits per heavy atom. The molecule has 2 heterocycles. The highest BCUT2D eigenvalue weighted by Gasteiger charge is 2.44. The summed E-state index contributed by atoms with van der Waals surface area (Å²) in [6.07, 6.45) is 3.59. The van der Waals surface area contributed by atoms with Crippen molar-refractivity contribution in [1.82, 2.24) is 14.7 Å². The number of nitrogens with two attached hydrogens (primary N) is 1. The summed E-state index contributed by atoms with van der Waals surface area (Å²) in [5.41, 5.74) is 8.66. The number of carbonyl (C=O) groups is 2. The van der Waals surface area contributed by atoms with Crippen LogP contribution in [0.15, 0.2) is 60.8 Å². The highest BCUT2D eigenvalue weighted by atomic mass is 16.2. The van der Waals surface area contributed by atoms with Gasteiger partial charge in [-0.05, 0) is 36.0 Å². The van der Waals surface area contributed by atoms with Gasteiger partial charge >= 0.3 is 0 Å². The molecule has 5 rings (SSSR count). The summed E-state index contributed by atoms with van der Waals surface area (Å²) >= 11 is 0. The number of aromatic nitrogens is 2. The fourth-order valence-corrected chi connectivity index (χ4v) is 5.18. The normalized spacial score (nSPS) is 20.2. The molecule has 3 aromatic rings. The van der Waals surface area contributed by atoms with E-state index in [1.807, 2.05) is 18.2 Å². The molecule has 2 aromatic carbocycles. The lowest BCUT2D eigenvalue weighted by Crippen LogP contribution is -2.46. The van der Waals surface area contributed by atoms with Crippen molar-refractivity contribution < 1.29 is 9.59 Å². The lowest BCUT2D eigenvalue weighted by atomic mass is 9.84. The lowest BCUT2D eigenvalue weighted by Gasteiger charge is -2.40. The van der Waals surface area contributed by atoms with Gasteiger partial charge < -0.3 is 11.1 Å². The summed E-state index contributed by atoms with van der Waals surface area (Å²) in [6, 6.07) is 23.2. The van der Waals surface area contributed by atoms with E-state index in [9.17, 15) is 14.9 Å². The molecular formula is C29H29N7O2. The maximum atomic E-state index is 12.5. The number of benzene rings is 2. The first-order valence-corrected chi connectivity index (χ1v) is 12.8. The highest BCUT2D eigenvalue weighted by Crippen LogP contribution is 2.39. The number of likely N-dealkylation sites (tertiary alicyclic amines) is 1. The zero-order valence-electron chi connectivity index (χ0n) is 21.0. The Bertz CT molecular complexity index is 1410. The smallest absolute Gasteiger partial charge is 0.254 e. The summed E-state index contributed by atoms with van der Waals surface area (Å²) in [5.74, 6) is -1.67. The van der Waals surface area contributed by atoms with E-state index in [-0.39, 0.29) is 29.6 Å². The van der Waals surface area contributed by atoms with Crippen molar-refractivity contribution in [2.75, 3.05) is 18.4 Å². The Balaban J connectivity index is 1.28. The van der Waals surface area contributed by atoms with Crippen LogP contribution in [0.1, 0.15) is 41.6 Å². The minimum atomic E-state index is -0.706. The fourth-order valence-electron chi connectivity index (χ4n) is 5.18. The number of hydrogen-bond acceptors (Lipinski definition) is 6. The number of primary amides is 1. The van der Waals surface area contributed by atoms with Gasteiger partial charge in [-0.2, -0.15) is 15.6 Å². The predicted molar refractivity (Wildman–Crippen MR) is 141 cm³/mol. The molecule has 1 saturated heterocycles. The van der Waals surface area contributed by atoms with Crippen LogP contribution in [0, 0.1) is 34.5 Å². The summed E-state index contributed by atoms with van der Waals surface area (Å²) in [4.78, 5) is 27.0. The van der Waals surface area contributed by atoms with Crippen molar-refractivity contribution in [1.29, 1.82) is 10.5 Å². The van der Waals surface area contributed by atoms with E-state index in [0.717, 1.165) is 19.6 Å². The number of hydrogen-bond donors (Lipinski definition) is 2. The molecule has 2 amide bonds. The monoisotopic (exact) mass is 507 g/mol. The number of rotatable bonds is 8. The maximum Gasteiger partial charge on any atom is 0.254 e. The molecule has 1 aliphatic carbocycles. The number of amides is 2. The van der Waals surface area contributed by atoms with Crippen LogP contribution < -0.4 is 11.1 Å². The largest absolute Gasteiger partial charge is 0.365 e. The number of nitrogens with one attached hydrogen (secondary N) is 1. The van der Waals surface area contributed by atoms with Crippen LogP contribution in [-0.4, -0.2) is 39.6 Å². The zero-order chi connectivity index (χ0) is 26.7. The molecular weight excluding hydrogens is 478 g/mol. The van der Waals surface area contributed by atoms with E-state index >= 15 is 0 Å². The molecule has 2 aliphatic rings. The van der Waals surface area contributed by atoms with Crippen LogP contribution in [0.4, 0.5) is 5.82 Å². The van der Waals surface area contributed by atoms with Gasteiger partial charge in [0.25, 0.3) is 5.91 Å². The second-order valence-electron chi connectivity index (χ2n) is 10.2. The Labute approximate surface area is 221 Å². The van der Waals surface area contributed by atoms with Gasteiger partial charge in [0.1, 0.15) is 5.56 Å². The molecule has 38 heavy (non-hydrogen) atoms. The summed E-state index contributed by atoms with van der Waals surface area (Å²) in [6.45, 7) is 2.30. The minimum absolute atomic E-state index is 0.0874. The molecule has 0 radical (unpaired) electrons. The number of nitrogens with zero attached hydrogens (tertiary/aromatic N) is 5. The number of piperidine rings is 1. The molecule has 9 heteroatoms. The molecule has 2 atom stereocenters. The molecule has 9 nitrogen and oxygen atoms in total. The van der Waals surface area contributed by atoms with Gasteiger partial charge in [-0.25, -0.2) is 0 Å². The number of anilines is 1. The first-order chi connectivity index (χ1) is 18.4. The van der Waals surface area contributed by atoms with Gasteiger partial charge in [-0.1, -0.05) is 54.6 Å². The van der Waals surface area contributed by atoms with Crippen LogP contribution in [0.3, 0.4) is 0 Å². The average molecular weight is 508 g/mol. The maximum absolute atomic E-state index is 12.5. The Morgan fingerprint density at radius 1 is 1.05 bits per heavy atom. The number of carbonyl (C=O) groups excluding carboxylic acids is 2. The Kier molecular flexibility index (Phi) is 6.95. The molecule has 3 N–H and O–H groups in total. The van der Waals surface area contributed by atoms with Gasteiger partial charge in [0, 0.05) is 25.8 Å². The number of nitriles is 2. The third kappa shape index (κ3) is 5.15. The second kappa shape index (κ2) is 10.5. The molecule has 0 bridgehead atoms. The summed E-state index contributed by atoms with van der Waals surface area (Å²) in [7, 11) is 0. The molecule has 192 valence electrons. The quantitative estimate of drug-likeness (QED) is 0.477. The molecule has 1 unspecified atom stereocenters. The molecule has 1 aliphatic heterocycles. The third-order valence-corrected chi connectivity index (χ3v) is 7.66. The minimum Gasteiger partial charge on any atom is -0.365 e. The van der Waals surface area contributed by atoms with Gasteiger partial charge in [0.05, 0.1) is 35.9 Å². The first-order valence-electron chi connectivity index (χ1n) is 12.8. The lowest BCUT2D eigenvalue weighted by molar-refractivity contribution is -0.117. The molecule has 1 aromatic heterocycles. The predicted octanol–water partition coefficient (Wildman–Crippen LogP) is 3.65. The summed E-state index contributed by atoms with van der Waals surface area (Å²) < 4.78 is 1.65. The van der Waals surface area contributed by atoms with Crippen LogP contribution >= 0.6 is 0 Å². The van der Waals surface area contributed by atoms with Crippen LogP contribution in [0.5, 0.6) is 0 Å². The third-order valence-electron chi connectivity index (χ3n) is 7.66. The van der Waals surface area contributed by atoms with Crippen molar-refractivity contribution in [3.8, 4) is 23.3 Å². The van der Waals surface area contributed by atoms with E-state index in [2.05, 4.69) is 63.9 Å². The van der Waals surface area contributed by atoms with Crippen molar-refractivity contribution >= 4 is 17.6 Å². The molecule has 0 spiro atoms. The highest BCUT2D eigenvalue weighted by molar-refractivity contribution is 6.03. The zero-order valence-corrected chi connectivity index (χ0v) is 21.0. The van der Waals surface area contributed by atoms with Gasteiger partial charge in [-0.15, -0.1) is 0 Å². The molecule has 2 fully saturated rings. The van der Waals surface area contributed by atoms with Gasteiger partial charge in [0.15, 0.2) is 5.82 Å². The SMILES string of the molecule is N#CCC1(n2cc(C(N)=O)c(NC(=O)C3C[C@@H]3C#N)n2)CCN(Cc2ccc(-c3ccccc3)cc2)CC1. The van der Waals surface area contributed by atoms with Crippen LogP contribution in [-0.2, 0) is 16.9 Å². The van der Waals surface area contributed by atoms with E-state index in [4.69, 9.17) is 11.0 Å². The first kappa shape index (κ1) is 25.2. The summed E-state index contributed by atoms with van der Waals surface area (Å²) in [5, 5.41) is 25.9. The van der Waals surface area contributed by atoms with E-state index in [0.29, 0.717) is 19.3 Å². The van der Waals surface area contributed by atoms with Crippen molar-refractivity contribution in [3.63, 3.8) is 0 Å². The fraction of sp³-hybridized carbons (Fsp3) is 0.345. The standard InChI is InChI=1S/C29H29N7O2/c30-13-10-29(36-19-25(26(32)37)27(34-36)33-28(38)24-16-23(24)17-31)11-14-35(15-12-29)18-20-6-8-22(9-7-20)21-4-2-1-3-5-21/h1-9,19,23-24H,10-12,14-16,18H2,(H2,32,37)(H,33,34,38)/t23-,24?/m1/s1. The Hall–Kier alpha value is -4.47. The van der Waals surface area contributed by atoms with E-state index in [1.165, 1.54) is 16.7 Å². The van der Waals surface area contributed by atoms with Gasteiger partial charge in [-0.3, -0.25) is 19.2 Å². The average Bonchev–Trinajstić information content (AvgIpc) is 3.61. The van der Waals surface area contributed by atoms with E-state index in [1.54, 1.807) is 10.9 Å². The molecule has 1 saturated carbocycles. The van der Waals surface area contributed by atoms with Crippen LogP contribution in [0.25, 0.3) is 11.1 Å². The second-order valence-corrected chi connectivity index (χ2v) is 10.2. The Morgan fingerprint density at radius 2 is 1.74 bits per heavy atom. The van der Waals surface area contributed by atoms with Crippen molar-refractivity contribution in [3.05, 3.63) is 71.9 Å². The van der Waals surface area contributed by atoms with E-state index < -0.39 is 17.4 Å². The van der Waals surface area contributed by atoms with Crippen LogP contribution in [0.2, 0.25) is 0 Å². The topological polar surface area (TPSA) is 141 Å². The van der Waals surface area contributed by atoms with Gasteiger partial charge in [0.2, 0.25) is 5.91 Å². The van der Waals surface area contributed by atoms with Crippen molar-refractivity contribution in [2.45, 2.75) is 37.8 Å².